The molecular weight excluding hydrogens is 423 g/mol. The third-order valence-corrected chi connectivity index (χ3v) is 3.75. The van der Waals surface area contributed by atoms with Crippen molar-refractivity contribution < 1.29 is 9.53 Å². The van der Waals surface area contributed by atoms with E-state index in [4.69, 9.17) is 4.74 Å². The second-order valence-electron chi connectivity index (χ2n) is 5.77. The van der Waals surface area contributed by atoms with Crippen LogP contribution in [0.4, 0.5) is 0 Å². The van der Waals surface area contributed by atoms with E-state index in [1.54, 1.807) is 29.9 Å². The molecule has 0 saturated carbocycles. The first-order valence-electron chi connectivity index (χ1n) is 7.87. The molecule has 0 spiro atoms. The lowest BCUT2D eigenvalue weighted by Gasteiger charge is -2.17. The molecular formula is C15H27IN6O2. The number of rotatable bonds is 6. The van der Waals surface area contributed by atoms with Crippen molar-refractivity contribution in [2.45, 2.75) is 25.5 Å². The van der Waals surface area contributed by atoms with Crippen molar-refractivity contribution in [3.63, 3.8) is 0 Å². The Bertz CT molecular complexity index is 540. The molecule has 0 bridgehead atoms. The van der Waals surface area contributed by atoms with Gasteiger partial charge in [-0.3, -0.25) is 9.48 Å². The molecule has 1 unspecified atom stereocenters. The van der Waals surface area contributed by atoms with Gasteiger partial charge in [-0.15, -0.1) is 24.0 Å². The molecule has 1 aromatic heterocycles. The third-order valence-electron chi connectivity index (χ3n) is 3.75. The highest BCUT2D eigenvalue weighted by Crippen LogP contribution is 2.10. The molecule has 1 aliphatic heterocycles. The van der Waals surface area contributed by atoms with Crippen LogP contribution >= 0.6 is 24.0 Å². The standard InChI is InChI=1S/C15H26N6O2.HI/c1-20(2)14(22)11-18-15(17-10-13-5-4-8-23-13)16-9-12-6-7-19-21(12)3;/h6-7,13H,4-5,8-11H2,1-3H3,(H2,16,17,18);1H. The smallest absolute Gasteiger partial charge is 0.241 e. The van der Waals surface area contributed by atoms with E-state index in [9.17, 15) is 4.79 Å². The number of hydrogen-bond donors (Lipinski definition) is 2. The van der Waals surface area contributed by atoms with Crippen LogP contribution in [0.15, 0.2) is 17.3 Å². The number of guanidine groups is 1. The van der Waals surface area contributed by atoms with Crippen LogP contribution in [0, 0.1) is 0 Å². The van der Waals surface area contributed by atoms with Gasteiger partial charge in [-0.05, 0) is 18.9 Å². The van der Waals surface area contributed by atoms with E-state index in [0.717, 1.165) is 25.1 Å². The maximum atomic E-state index is 11.7. The molecule has 0 radical (unpaired) electrons. The van der Waals surface area contributed by atoms with Crippen LogP contribution < -0.4 is 10.6 Å². The second kappa shape index (κ2) is 10.5. The molecule has 1 saturated heterocycles. The monoisotopic (exact) mass is 450 g/mol. The minimum Gasteiger partial charge on any atom is -0.376 e. The van der Waals surface area contributed by atoms with Crippen molar-refractivity contribution in [3.05, 3.63) is 18.0 Å². The van der Waals surface area contributed by atoms with Gasteiger partial charge in [0, 0.05) is 40.5 Å². The predicted molar refractivity (Wildman–Crippen MR) is 103 cm³/mol. The maximum Gasteiger partial charge on any atom is 0.241 e. The van der Waals surface area contributed by atoms with Crippen LogP contribution in [0.25, 0.3) is 0 Å². The Morgan fingerprint density at radius 2 is 2.29 bits per heavy atom. The quantitative estimate of drug-likeness (QED) is 0.371. The van der Waals surface area contributed by atoms with Gasteiger partial charge in [0.2, 0.25) is 5.91 Å². The molecule has 0 aliphatic carbocycles. The van der Waals surface area contributed by atoms with E-state index >= 15 is 0 Å². The summed E-state index contributed by atoms with van der Waals surface area (Å²) in [4.78, 5) is 17.8. The van der Waals surface area contributed by atoms with Gasteiger partial charge >= 0.3 is 0 Å². The van der Waals surface area contributed by atoms with E-state index in [-0.39, 0.29) is 42.5 Å². The number of aryl methyl sites for hydroxylation is 1. The Morgan fingerprint density at radius 3 is 2.88 bits per heavy atom. The Balaban J connectivity index is 0.00000288. The summed E-state index contributed by atoms with van der Waals surface area (Å²) in [7, 11) is 5.35. The van der Waals surface area contributed by atoms with Crippen LogP contribution in [0.5, 0.6) is 0 Å². The van der Waals surface area contributed by atoms with Crippen LogP contribution in [-0.2, 0) is 23.1 Å². The van der Waals surface area contributed by atoms with Crippen LogP contribution in [0.1, 0.15) is 18.5 Å². The second-order valence-corrected chi connectivity index (χ2v) is 5.77. The van der Waals surface area contributed by atoms with Gasteiger partial charge in [-0.25, -0.2) is 4.99 Å². The Hall–Kier alpha value is -1.36. The van der Waals surface area contributed by atoms with Crippen LogP contribution in [-0.4, -0.2) is 66.4 Å². The van der Waals surface area contributed by atoms with Gasteiger partial charge in [0.1, 0.15) is 0 Å². The number of halogens is 1. The van der Waals surface area contributed by atoms with E-state index in [0.29, 0.717) is 19.0 Å². The molecule has 9 heteroatoms. The summed E-state index contributed by atoms with van der Waals surface area (Å²) in [5.41, 5.74) is 1.00. The lowest BCUT2D eigenvalue weighted by Crippen LogP contribution is -2.45. The summed E-state index contributed by atoms with van der Waals surface area (Å²) in [6.45, 7) is 2.21. The summed E-state index contributed by atoms with van der Waals surface area (Å²) in [5.74, 6) is 0.606. The van der Waals surface area contributed by atoms with Crippen LogP contribution in [0.2, 0.25) is 0 Å². The molecule has 1 aliphatic rings. The van der Waals surface area contributed by atoms with Crippen molar-refractivity contribution in [1.82, 2.24) is 25.3 Å². The van der Waals surface area contributed by atoms with Gasteiger partial charge in [-0.2, -0.15) is 5.10 Å². The zero-order valence-electron chi connectivity index (χ0n) is 14.5. The van der Waals surface area contributed by atoms with E-state index in [1.165, 1.54) is 0 Å². The van der Waals surface area contributed by atoms with Gasteiger partial charge in [0.25, 0.3) is 0 Å². The van der Waals surface area contributed by atoms with Gasteiger partial charge in [0.15, 0.2) is 5.96 Å². The Kier molecular flexibility index (Phi) is 9.04. The summed E-state index contributed by atoms with van der Waals surface area (Å²) in [6.07, 6.45) is 4.11. The largest absolute Gasteiger partial charge is 0.376 e. The molecule has 1 atom stereocenters. The summed E-state index contributed by atoms with van der Waals surface area (Å²) in [5, 5.41) is 10.4. The summed E-state index contributed by atoms with van der Waals surface area (Å²) in [6, 6.07) is 1.92. The average molecular weight is 450 g/mol. The zero-order valence-corrected chi connectivity index (χ0v) is 16.8. The van der Waals surface area contributed by atoms with Crippen molar-refractivity contribution in [1.29, 1.82) is 0 Å². The Morgan fingerprint density at radius 1 is 1.50 bits per heavy atom. The first kappa shape index (κ1) is 20.7. The highest BCUT2D eigenvalue weighted by molar-refractivity contribution is 14.0. The molecule has 2 N–H and O–H groups in total. The number of nitrogens with one attached hydrogen (secondary N) is 2. The van der Waals surface area contributed by atoms with E-state index in [2.05, 4.69) is 20.7 Å². The predicted octanol–water partition coefficient (Wildman–Crippen LogP) is 0.341. The van der Waals surface area contributed by atoms with Gasteiger partial charge in [0.05, 0.1) is 24.9 Å². The minimum atomic E-state index is -0.00264. The number of carbonyl (C=O) groups excluding carboxylic acids is 1. The fraction of sp³-hybridized carbons (Fsp3) is 0.667. The minimum absolute atomic E-state index is 0. The van der Waals surface area contributed by atoms with E-state index < -0.39 is 0 Å². The summed E-state index contributed by atoms with van der Waals surface area (Å²) < 4.78 is 7.39. The SMILES string of the molecule is CN(C)C(=O)CNC(=NCc1ccnn1C)NCC1CCCO1.I. The fourth-order valence-corrected chi connectivity index (χ4v) is 2.22. The van der Waals surface area contributed by atoms with Gasteiger partial charge in [-0.1, -0.05) is 0 Å². The molecule has 8 nitrogen and oxygen atoms in total. The normalized spacial score (nSPS) is 17.3. The highest BCUT2D eigenvalue weighted by Gasteiger charge is 2.16. The Labute approximate surface area is 160 Å². The number of carbonyl (C=O) groups is 1. The number of nitrogens with zero attached hydrogens (tertiary/aromatic N) is 4. The number of hydrogen-bond acceptors (Lipinski definition) is 4. The molecule has 136 valence electrons. The summed E-state index contributed by atoms with van der Waals surface area (Å²) >= 11 is 0. The average Bonchev–Trinajstić information content (AvgIpc) is 3.17. The first-order valence-corrected chi connectivity index (χ1v) is 7.87. The first-order chi connectivity index (χ1) is 11.1. The van der Waals surface area contributed by atoms with Crippen molar-refractivity contribution in [2.24, 2.45) is 12.0 Å². The van der Waals surface area contributed by atoms with Crippen molar-refractivity contribution in [2.75, 3.05) is 33.8 Å². The van der Waals surface area contributed by atoms with Crippen molar-refractivity contribution >= 4 is 35.8 Å². The molecule has 2 rings (SSSR count). The highest BCUT2D eigenvalue weighted by atomic mass is 127. The zero-order chi connectivity index (χ0) is 16.7. The molecule has 1 fully saturated rings. The molecule has 1 aromatic rings. The van der Waals surface area contributed by atoms with E-state index in [1.807, 2.05) is 13.1 Å². The topological polar surface area (TPSA) is 83.8 Å². The number of amides is 1. The number of aromatic nitrogens is 2. The molecule has 1 amide bonds. The number of aliphatic imine (C=N–C) groups is 1. The lowest BCUT2D eigenvalue weighted by molar-refractivity contribution is -0.127. The fourth-order valence-electron chi connectivity index (χ4n) is 2.22. The lowest BCUT2D eigenvalue weighted by atomic mass is 10.2. The molecule has 24 heavy (non-hydrogen) atoms. The van der Waals surface area contributed by atoms with Crippen LogP contribution in [0.3, 0.4) is 0 Å². The maximum absolute atomic E-state index is 11.7. The molecule has 0 aromatic carbocycles. The number of likely N-dealkylation sites (N-methyl/N-ethyl adjacent to an activating group) is 1. The number of ether oxygens (including phenoxy) is 1. The molecule has 2 heterocycles. The van der Waals surface area contributed by atoms with Gasteiger partial charge < -0.3 is 20.3 Å². The van der Waals surface area contributed by atoms with Crippen molar-refractivity contribution in [3.8, 4) is 0 Å². The third kappa shape index (κ3) is 6.63.